The van der Waals surface area contributed by atoms with Gasteiger partial charge in [0.1, 0.15) is 0 Å². The zero-order valence-electron chi connectivity index (χ0n) is 11.3. The average molecular weight is 226 g/mol. The van der Waals surface area contributed by atoms with Crippen LogP contribution in [-0.2, 0) is 4.79 Å². The predicted octanol–water partition coefficient (Wildman–Crippen LogP) is 1.93. The van der Waals surface area contributed by atoms with Gasteiger partial charge in [0.15, 0.2) is 0 Å². The van der Waals surface area contributed by atoms with Crippen molar-refractivity contribution in [1.82, 2.24) is 10.6 Å². The van der Waals surface area contributed by atoms with E-state index in [1.54, 1.807) is 0 Å². The van der Waals surface area contributed by atoms with E-state index in [0.29, 0.717) is 23.9 Å². The summed E-state index contributed by atoms with van der Waals surface area (Å²) in [5, 5.41) is 6.31. The number of hydrogen-bond acceptors (Lipinski definition) is 2. The summed E-state index contributed by atoms with van der Waals surface area (Å²) in [5.74, 6) is 0.770. The second-order valence-corrected chi connectivity index (χ2v) is 5.94. The van der Waals surface area contributed by atoms with Gasteiger partial charge in [-0.3, -0.25) is 4.79 Å². The van der Waals surface area contributed by atoms with Crippen LogP contribution < -0.4 is 10.6 Å². The maximum absolute atomic E-state index is 11.6. The van der Waals surface area contributed by atoms with E-state index >= 15 is 0 Å². The molecule has 1 fully saturated rings. The minimum absolute atomic E-state index is 0.0821. The van der Waals surface area contributed by atoms with Gasteiger partial charge >= 0.3 is 0 Å². The Labute approximate surface area is 99.4 Å². The highest BCUT2D eigenvalue weighted by molar-refractivity contribution is 5.81. The predicted molar refractivity (Wildman–Crippen MR) is 67.2 cm³/mol. The van der Waals surface area contributed by atoms with E-state index in [2.05, 4.69) is 31.4 Å². The smallest absolute Gasteiger partial charge is 0.236 e. The molecule has 1 aliphatic rings. The molecule has 0 bridgehead atoms. The maximum Gasteiger partial charge on any atom is 0.236 e. The molecule has 0 spiro atoms. The van der Waals surface area contributed by atoms with Crippen molar-refractivity contribution < 1.29 is 4.79 Å². The Kier molecular flexibility index (Phi) is 4.36. The van der Waals surface area contributed by atoms with E-state index in [1.165, 1.54) is 6.42 Å². The van der Waals surface area contributed by atoms with Crippen LogP contribution in [0.25, 0.3) is 0 Å². The summed E-state index contributed by atoms with van der Waals surface area (Å²) in [4.78, 5) is 11.6. The lowest BCUT2D eigenvalue weighted by Gasteiger charge is -2.22. The van der Waals surface area contributed by atoms with Crippen LogP contribution in [-0.4, -0.2) is 24.5 Å². The molecule has 0 heterocycles. The van der Waals surface area contributed by atoms with Gasteiger partial charge in [0, 0.05) is 12.6 Å². The largest absolute Gasteiger partial charge is 0.355 e. The average Bonchev–Trinajstić information content (AvgIpc) is 2.40. The SMILES string of the molecule is CCNC(=O)C(C)NC1CC(C)(C)CC1C. The fraction of sp³-hybridized carbons (Fsp3) is 0.923. The van der Waals surface area contributed by atoms with Gasteiger partial charge in [0.2, 0.25) is 5.91 Å². The zero-order valence-corrected chi connectivity index (χ0v) is 11.3. The minimum atomic E-state index is -0.0821. The molecule has 16 heavy (non-hydrogen) atoms. The summed E-state index contributed by atoms with van der Waals surface area (Å²) in [6.07, 6.45) is 2.41. The van der Waals surface area contributed by atoms with E-state index in [-0.39, 0.29) is 11.9 Å². The van der Waals surface area contributed by atoms with Crippen molar-refractivity contribution in [2.24, 2.45) is 11.3 Å². The summed E-state index contributed by atoms with van der Waals surface area (Å²) in [7, 11) is 0. The number of amides is 1. The molecule has 3 heteroatoms. The Morgan fingerprint density at radius 3 is 2.50 bits per heavy atom. The molecule has 2 N–H and O–H groups in total. The summed E-state index contributed by atoms with van der Waals surface area (Å²) in [6, 6.07) is 0.397. The van der Waals surface area contributed by atoms with Crippen LogP contribution in [0.15, 0.2) is 0 Å². The third-order valence-electron chi connectivity index (χ3n) is 3.54. The van der Waals surface area contributed by atoms with E-state index in [9.17, 15) is 4.79 Å². The van der Waals surface area contributed by atoms with Gasteiger partial charge in [-0.05, 0) is 38.0 Å². The first-order valence-corrected chi connectivity index (χ1v) is 6.39. The highest BCUT2D eigenvalue weighted by Gasteiger charge is 2.37. The maximum atomic E-state index is 11.6. The number of nitrogens with one attached hydrogen (secondary N) is 2. The van der Waals surface area contributed by atoms with Crippen molar-refractivity contribution in [2.45, 2.75) is 59.5 Å². The number of hydrogen-bond donors (Lipinski definition) is 2. The van der Waals surface area contributed by atoms with Crippen molar-refractivity contribution in [3.63, 3.8) is 0 Å². The van der Waals surface area contributed by atoms with E-state index in [1.807, 2.05) is 13.8 Å². The van der Waals surface area contributed by atoms with Gasteiger partial charge in [-0.15, -0.1) is 0 Å². The molecule has 0 saturated heterocycles. The highest BCUT2D eigenvalue weighted by Crippen LogP contribution is 2.40. The number of carbonyl (C=O) groups excluding carboxylic acids is 1. The van der Waals surface area contributed by atoms with Crippen LogP contribution in [0.5, 0.6) is 0 Å². The Morgan fingerprint density at radius 2 is 2.06 bits per heavy atom. The van der Waals surface area contributed by atoms with E-state index < -0.39 is 0 Å². The van der Waals surface area contributed by atoms with Crippen LogP contribution >= 0.6 is 0 Å². The fourth-order valence-electron chi connectivity index (χ4n) is 2.84. The lowest BCUT2D eigenvalue weighted by atomic mass is 9.91. The molecule has 0 aromatic carbocycles. The second kappa shape index (κ2) is 5.17. The Balaban J connectivity index is 2.46. The Bertz CT molecular complexity index is 250. The van der Waals surface area contributed by atoms with Gasteiger partial charge in [0.05, 0.1) is 6.04 Å². The zero-order chi connectivity index (χ0) is 12.3. The molecule has 3 atom stereocenters. The molecule has 94 valence electrons. The lowest BCUT2D eigenvalue weighted by Crippen LogP contribution is -2.47. The third kappa shape index (κ3) is 3.48. The molecule has 1 amide bonds. The molecule has 1 rings (SSSR count). The topological polar surface area (TPSA) is 41.1 Å². The monoisotopic (exact) mass is 226 g/mol. The molecular formula is C13H26N2O. The van der Waals surface area contributed by atoms with Crippen molar-refractivity contribution in [1.29, 1.82) is 0 Å². The fourth-order valence-corrected chi connectivity index (χ4v) is 2.84. The van der Waals surface area contributed by atoms with Gasteiger partial charge in [-0.2, -0.15) is 0 Å². The minimum Gasteiger partial charge on any atom is -0.355 e. The Morgan fingerprint density at radius 1 is 1.44 bits per heavy atom. The number of carbonyl (C=O) groups is 1. The molecule has 0 aliphatic heterocycles. The normalized spacial score (nSPS) is 30.1. The number of likely N-dealkylation sites (N-methyl/N-ethyl adjacent to an activating group) is 1. The molecule has 0 radical (unpaired) electrons. The molecule has 1 aliphatic carbocycles. The van der Waals surface area contributed by atoms with E-state index in [4.69, 9.17) is 0 Å². The summed E-state index contributed by atoms with van der Waals surface area (Å²) >= 11 is 0. The lowest BCUT2D eigenvalue weighted by molar-refractivity contribution is -0.122. The number of rotatable bonds is 4. The van der Waals surface area contributed by atoms with Crippen molar-refractivity contribution in [2.75, 3.05) is 6.54 Å². The second-order valence-electron chi connectivity index (χ2n) is 5.94. The van der Waals surface area contributed by atoms with Crippen LogP contribution in [0.4, 0.5) is 0 Å². The van der Waals surface area contributed by atoms with Gasteiger partial charge in [-0.1, -0.05) is 20.8 Å². The molecule has 0 aromatic rings. The first-order chi connectivity index (χ1) is 7.35. The van der Waals surface area contributed by atoms with Gasteiger partial charge < -0.3 is 10.6 Å². The third-order valence-corrected chi connectivity index (χ3v) is 3.54. The van der Waals surface area contributed by atoms with Crippen molar-refractivity contribution in [3.8, 4) is 0 Å². The van der Waals surface area contributed by atoms with Crippen molar-refractivity contribution in [3.05, 3.63) is 0 Å². The summed E-state index contributed by atoms with van der Waals surface area (Å²) in [6.45, 7) is 11.5. The molecule has 3 nitrogen and oxygen atoms in total. The molecule has 1 saturated carbocycles. The molecular weight excluding hydrogens is 200 g/mol. The molecule has 0 aromatic heterocycles. The summed E-state index contributed by atoms with van der Waals surface area (Å²) < 4.78 is 0. The van der Waals surface area contributed by atoms with Crippen LogP contribution in [0.3, 0.4) is 0 Å². The van der Waals surface area contributed by atoms with Gasteiger partial charge in [-0.25, -0.2) is 0 Å². The van der Waals surface area contributed by atoms with Crippen LogP contribution in [0.1, 0.15) is 47.5 Å². The van der Waals surface area contributed by atoms with Crippen LogP contribution in [0, 0.1) is 11.3 Å². The first-order valence-electron chi connectivity index (χ1n) is 6.39. The standard InChI is InChI=1S/C13H26N2O/c1-6-14-12(16)10(3)15-11-8-13(4,5)7-9(11)2/h9-11,15H,6-8H2,1-5H3,(H,14,16). The van der Waals surface area contributed by atoms with Gasteiger partial charge in [0.25, 0.3) is 0 Å². The van der Waals surface area contributed by atoms with Crippen LogP contribution in [0.2, 0.25) is 0 Å². The Hall–Kier alpha value is -0.570. The van der Waals surface area contributed by atoms with E-state index in [0.717, 1.165) is 6.42 Å². The first kappa shape index (κ1) is 13.5. The quantitative estimate of drug-likeness (QED) is 0.769. The highest BCUT2D eigenvalue weighted by atomic mass is 16.2. The summed E-state index contributed by atoms with van der Waals surface area (Å²) in [5.41, 5.74) is 0.415. The molecule has 3 unspecified atom stereocenters. The van der Waals surface area contributed by atoms with Crippen molar-refractivity contribution >= 4 is 5.91 Å².